The molecule has 1 aromatic rings. The summed E-state index contributed by atoms with van der Waals surface area (Å²) in [5.41, 5.74) is -0.879. The molecule has 5 heteroatoms. The van der Waals surface area contributed by atoms with E-state index in [-0.39, 0.29) is 11.2 Å². The number of aliphatic hydroxyl groups is 1. The van der Waals surface area contributed by atoms with E-state index >= 15 is 0 Å². The molecule has 1 atom stereocenters. The molecule has 0 aromatic heterocycles. The van der Waals surface area contributed by atoms with E-state index < -0.39 is 5.60 Å². The van der Waals surface area contributed by atoms with E-state index in [0.717, 1.165) is 4.90 Å². The zero-order valence-corrected chi connectivity index (χ0v) is 14.0. The summed E-state index contributed by atoms with van der Waals surface area (Å²) in [5.74, 6) is 0.0366. The minimum atomic E-state index is -0.879. The van der Waals surface area contributed by atoms with Gasteiger partial charge in [-0.25, -0.2) is 0 Å². The van der Waals surface area contributed by atoms with Crippen molar-refractivity contribution >= 4 is 29.3 Å². The first-order valence-corrected chi connectivity index (χ1v) is 7.92. The van der Waals surface area contributed by atoms with Gasteiger partial charge in [0.15, 0.2) is 0 Å². The lowest BCUT2D eigenvalue weighted by Crippen LogP contribution is -2.44. The summed E-state index contributed by atoms with van der Waals surface area (Å²) in [7, 11) is 0. The number of carbonyl (C=O) groups is 1. The highest BCUT2D eigenvalue weighted by molar-refractivity contribution is 8.00. The highest BCUT2D eigenvalue weighted by Crippen LogP contribution is 2.26. The largest absolute Gasteiger partial charge is 0.389 e. The monoisotopic (exact) mass is 315 g/mol. The molecule has 0 fully saturated rings. The van der Waals surface area contributed by atoms with Gasteiger partial charge in [-0.3, -0.25) is 4.79 Å². The van der Waals surface area contributed by atoms with Crippen molar-refractivity contribution < 1.29 is 9.90 Å². The molecule has 0 aliphatic carbocycles. The van der Waals surface area contributed by atoms with Crippen molar-refractivity contribution in [1.29, 1.82) is 0 Å². The number of benzene rings is 1. The Kier molecular flexibility index (Phi) is 6.37. The molecule has 1 aromatic carbocycles. The first-order chi connectivity index (χ1) is 9.23. The average molecular weight is 316 g/mol. The van der Waals surface area contributed by atoms with Gasteiger partial charge in [0.1, 0.15) is 0 Å². The zero-order chi connectivity index (χ0) is 15.3. The van der Waals surface area contributed by atoms with Crippen molar-refractivity contribution in [3.05, 3.63) is 29.3 Å². The molecule has 20 heavy (non-hydrogen) atoms. The van der Waals surface area contributed by atoms with Crippen molar-refractivity contribution in [2.45, 2.75) is 43.4 Å². The van der Waals surface area contributed by atoms with E-state index in [9.17, 15) is 9.90 Å². The normalized spacial score (nSPS) is 13.1. The Bertz CT molecular complexity index is 442. The molecule has 0 aliphatic rings. The summed E-state index contributed by atoms with van der Waals surface area (Å²) in [6, 6.07) is 7.44. The molecule has 0 bridgehead atoms. The van der Waals surface area contributed by atoms with Gasteiger partial charge in [-0.15, -0.1) is 11.8 Å². The molecule has 1 amide bonds. The van der Waals surface area contributed by atoms with Crippen LogP contribution >= 0.6 is 23.4 Å². The Morgan fingerprint density at radius 3 is 2.40 bits per heavy atom. The van der Waals surface area contributed by atoms with Gasteiger partial charge in [0, 0.05) is 23.0 Å². The van der Waals surface area contributed by atoms with Crippen LogP contribution in [-0.4, -0.2) is 39.9 Å². The first kappa shape index (κ1) is 17.3. The molecule has 0 heterocycles. The maximum Gasteiger partial charge on any atom is 0.235 e. The van der Waals surface area contributed by atoms with Crippen LogP contribution in [0, 0.1) is 0 Å². The number of likely N-dealkylation sites (N-methyl/N-ethyl adjacent to an activating group) is 1. The molecule has 1 N–H and O–H groups in total. The van der Waals surface area contributed by atoms with Gasteiger partial charge >= 0.3 is 0 Å². The first-order valence-electron chi connectivity index (χ1n) is 6.66. The lowest BCUT2D eigenvalue weighted by molar-refractivity contribution is -0.133. The fraction of sp³-hybridized carbons (Fsp3) is 0.533. The maximum absolute atomic E-state index is 12.4. The van der Waals surface area contributed by atoms with Crippen LogP contribution in [0.25, 0.3) is 0 Å². The summed E-state index contributed by atoms with van der Waals surface area (Å²) < 4.78 is 0. The fourth-order valence-electron chi connectivity index (χ4n) is 1.84. The van der Waals surface area contributed by atoms with Gasteiger partial charge < -0.3 is 10.0 Å². The third-order valence-electron chi connectivity index (χ3n) is 2.75. The Hall–Kier alpha value is -0.710. The van der Waals surface area contributed by atoms with Crippen LogP contribution in [0.2, 0.25) is 5.02 Å². The highest BCUT2D eigenvalue weighted by Gasteiger charge is 2.25. The Morgan fingerprint density at radius 1 is 1.40 bits per heavy atom. The maximum atomic E-state index is 12.4. The lowest BCUT2D eigenvalue weighted by Gasteiger charge is -2.30. The molecule has 112 valence electrons. The number of carbonyl (C=O) groups excluding carboxylic acids is 1. The molecule has 0 radical (unpaired) electrons. The van der Waals surface area contributed by atoms with Gasteiger partial charge in [-0.05, 0) is 52.0 Å². The van der Waals surface area contributed by atoms with Crippen LogP contribution in [0.5, 0.6) is 0 Å². The Labute approximate surface area is 130 Å². The summed E-state index contributed by atoms with van der Waals surface area (Å²) in [6.07, 6.45) is 0. The number of hydrogen-bond acceptors (Lipinski definition) is 3. The van der Waals surface area contributed by atoms with Crippen LogP contribution in [0.15, 0.2) is 29.2 Å². The second-order valence-corrected chi connectivity index (χ2v) is 7.23. The number of amides is 1. The van der Waals surface area contributed by atoms with E-state index in [1.54, 1.807) is 18.7 Å². The molecular formula is C15H22ClNO2S. The number of halogens is 1. The minimum absolute atomic E-state index is 0.0366. The Morgan fingerprint density at radius 2 is 1.95 bits per heavy atom. The van der Waals surface area contributed by atoms with E-state index in [1.807, 2.05) is 38.1 Å². The molecule has 3 nitrogen and oxygen atoms in total. The molecule has 1 rings (SSSR count). The second kappa shape index (κ2) is 7.34. The van der Waals surface area contributed by atoms with Crippen molar-refractivity contribution in [2.24, 2.45) is 0 Å². The SMILES string of the molecule is CCN(CC(C)(C)O)C(=O)C(C)Sc1ccc(Cl)cc1. The third kappa shape index (κ3) is 5.73. The second-order valence-electron chi connectivity index (χ2n) is 5.38. The summed E-state index contributed by atoms with van der Waals surface area (Å²) in [5, 5.41) is 10.3. The van der Waals surface area contributed by atoms with E-state index in [2.05, 4.69) is 0 Å². The standard InChI is InChI=1S/C15H22ClNO2S/c1-5-17(10-15(3,4)19)14(18)11(2)20-13-8-6-12(16)7-9-13/h6-9,11,19H,5,10H2,1-4H3. The van der Waals surface area contributed by atoms with Gasteiger partial charge in [0.05, 0.1) is 10.9 Å². The molecule has 1 unspecified atom stereocenters. The van der Waals surface area contributed by atoms with Crippen LogP contribution in [0.1, 0.15) is 27.7 Å². The van der Waals surface area contributed by atoms with Crippen molar-refractivity contribution in [1.82, 2.24) is 4.90 Å². The van der Waals surface area contributed by atoms with Gasteiger partial charge in [-0.2, -0.15) is 0 Å². The molecular weight excluding hydrogens is 294 g/mol. The average Bonchev–Trinajstić information content (AvgIpc) is 2.36. The number of thioether (sulfide) groups is 1. The summed E-state index contributed by atoms with van der Waals surface area (Å²) in [6.45, 7) is 8.15. The van der Waals surface area contributed by atoms with Crippen LogP contribution in [-0.2, 0) is 4.79 Å². The number of hydrogen-bond donors (Lipinski definition) is 1. The minimum Gasteiger partial charge on any atom is -0.389 e. The fourth-order valence-corrected chi connectivity index (χ4v) is 2.91. The number of rotatable bonds is 6. The van der Waals surface area contributed by atoms with Crippen LogP contribution < -0.4 is 0 Å². The third-order valence-corrected chi connectivity index (χ3v) is 4.10. The van der Waals surface area contributed by atoms with Crippen molar-refractivity contribution in [3.8, 4) is 0 Å². The van der Waals surface area contributed by atoms with E-state index in [1.165, 1.54) is 11.8 Å². The molecule has 0 spiro atoms. The van der Waals surface area contributed by atoms with Crippen molar-refractivity contribution in [2.75, 3.05) is 13.1 Å². The predicted molar refractivity (Wildman–Crippen MR) is 85.3 cm³/mol. The lowest BCUT2D eigenvalue weighted by atomic mass is 10.1. The van der Waals surface area contributed by atoms with Crippen LogP contribution in [0.4, 0.5) is 0 Å². The van der Waals surface area contributed by atoms with Gasteiger partial charge in [-0.1, -0.05) is 11.6 Å². The Balaban J connectivity index is 2.67. The number of nitrogens with zero attached hydrogens (tertiary/aromatic N) is 1. The smallest absolute Gasteiger partial charge is 0.235 e. The molecule has 0 saturated carbocycles. The molecule has 0 aliphatic heterocycles. The van der Waals surface area contributed by atoms with Gasteiger partial charge in [0.2, 0.25) is 5.91 Å². The summed E-state index contributed by atoms with van der Waals surface area (Å²) >= 11 is 7.34. The van der Waals surface area contributed by atoms with E-state index in [0.29, 0.717) is 18.1 Å². The van der Waals surface area contributed by atoms with Gasteiger partial charge in [0.25, 0.3) is 0 Å². The molecule has 0 saturated heterocycles. The summed E-state index contributed by atoms with van der Waals surface area (Å²) in [4.78, 5) is 15.1. The highest BCUT2D eigenvalue weighted by atomic mass is 35.5. The van der Waals surface area contributed by atoms with Crippen molar-refractivity contribution in [3.63, 3.8) is 0 Å². The zero-order valence-electron chi connectivity index (χ0n) is 12.4. The predicted octanol–water partition coefficient (Wildman–Crippen LogP) is 3.44. The van der Waals surface area contributed by atoms with Crippen LogP contribution in [0.3, 0.4) is 0 Å². The topological polar surface area (TPSA) is 40.5 Å². The quantitative estimate of drug-likeness (QED) is 0.818. The van der Waals surface area contributed by atoms with E-state index in [4.69, 9.17) is 11.6 Å².